The molecule has 120 valence electrons. The molecule has 0 radical (unpaired) electrons. The molecule has 0 N–H and O–H groups in total. The number of hydrogen-bond acceptors (Lipinski definition) is 3. The first-order valence-electron chi connectivity index (χ1n) is 8.20. The van der Waals surface area contributed by atoms with Crippen molar-refractivity contribution >= 4 is 5.91 Å². The molecule has 4 nitrogen and oxygen atoms in total. The molecule has 2 aromatic rings. The summed E-state index contributed by atoms with van der Waals surface area (Å²) in [5.41, 5.74) is 1.64. The Morgan fingerprint density at radius 1 is 1.30 bits per heavy atom. The number of carbonyl (C=O) groups is 1. The lowest BCUT2D eigenvalue weighted by Crippen LogP contribution is -2.34. The van der Waals surface area contributed by atoms with E-state index in [1.807, 2.05) is 4.90 Å². The van der Waals surface area contributed by atoms with Gasteiger partial charge in [-0.05, 0) is 42.9 Å². The molecule has 1 saturated heterocycles. The molecule has 1 aromatic heterocycles. The topological polar surface area (TPSA) is 46.3 Å². The predicted molar refractivity (Wildman–Crippen MR) is 82.5 cm³/mol. The minimum Gasteiger partial charge on any atom is -0.351 e. The van der Waals surface area contributed by atoms with Crippen LogP contribution in [0.15, 0.2) is 34.9 Å². The highest BCUT2D eigenvalue weighted by atomic mass is 19.1. The van der Waals surface area contributed by atoms with Gasteiger partial charge in [-0.3, -0.25) is 4.79 Å². The third kappa shape index (κ3) is 2.87. The zero-order valence-electron chi connectivity index (χ0n) is 12.9. The molecule has 2 bridgehead atoms. The molecule has 1 aromatic carbocycles. The van der Waals surface area contributed by atoms with Crippen LogP contribution in [0, 0.1) is 11.7 Å². The fourth-order valence-corrected chi connectivity index (χ4v) is 3.84. The molecule has 0 spiro atoms. The first-order chi connectivity index (χ1) is 11.2. The maximum Gasteiger partial charge on any atom is 0.292 e. The normalized spacial score (nSPS) is 23.3. The lowest BCUT2D eigenvalue weighted by Gasteiger charge is -2.23. The van der Waals surface area contributed by atoms with E-state index in [1.54, 1.807) is 18.2 Å². The predicted octanol–water partition coefficient (Wildman–Crippen LogP) is 3.42. The molecule has 1 amide bonds. The van der Waals surface area contributed by atoms with E-state index in [2.05, 4.69) is 5.16 Å². The zero-order chi connectivity index (χ0) is 15.8. The Morgan fingerprint density at radius 2 is 2.13 bits per heavy atom. The van der Waals surface area contributed by atoms with Crippen LogP contribution < -0.4 is 0 Å². The average Bonchev–Trinajstić information content (AvgIpc) is 3.13. The first-order valence-corrected chi connectivity index (χ1v) is 8.20. The van der Waals surface area contributed by atoms with E-state index in [9.17, 15) is 9.18 Å². The van der Waals surface area contributed by atoms with Gasteiger partial charge >= 0.3 is 0 Å². The highest BCUT2D eigenvalue weighted by Gasteiger charge is 2.39. The third-order valence-electron chi connectivity index (χ3n) is 4.98. The van der Waals surface area contributed by atoms with Crippen molar-refractivity contribution < 1.29 is 13.7 Å². The second kappa shape index (κ2) is 5.80. The fraction of sp³-hybridized carbons (Fsp3) is 0.444. The van der Waals surface area contributed by atoms with Gasteiger partial charge in [0.2, 0.25) is 5.76 Å². The molecule has 2 atom stereocenters. The standard InChI is InChI=1S/C18H19FN2O2/c19-14-6-4-12(5-7-14)8-15-10-17(23-20-15)18(22)21-11-13-2-1-3-16(21)9-13/h4-7,10,13,16H,1-3,8-9,11H2. The van der Waals surface area contributed by atoms with Crippen molar-refractivity contribution in [1.82, 2.24) is 10.1 Å². The zero-order valence-corrected chi connectivity index (χ0v) is 12.9. The van der Waals surface area contributed by atoms with Crippen LogP contribution in [0.2, 0.25) is 0 Å². The van der Waals surface area contributed by atoms with Crippen LogP contribution in [0.5, 0.6) is 0 Å². The van der Waals surface area contributed by atoms with Gasteiger partial charge in [-0.1, -0.05) is 23.7 Å². The number of carbonyl (C=O) groups excluding carboxylic acids is 1. The van der Waals surface area contributed by atoms with Gasteiger partial charge in [-0.2, -0.15) is 0 Å². The number of hydrogen-bond donors (Lipinski definition) is 0. The molecule has 1 aliphatic heterocycles. The summed E-state index contributed by atoms with van der Waals surface area (Å²) in [5.74, 6) is 0.663. The maximum atomic E-state index is 12.9. The molecule has 2 heterocycles. The van der Waals surface area contributed by atoms with Crippen LogP contribution >= 0.6 is 0 Å². The van der Waals surface area contributed by atoms with Crippen molar-refractivity contribution in [3.05, 3.63) is 53.2 Å². The smallest absolute Gasteiger partial charge is 0.292 e. The van der Waals surface area contributed by atoms with Gasteiger partial charge in [-0.25, -0.2) is 4.39 Å². The van der Waals surface area contributed by atoms with Crippen LogP contribution in [0.4, 0.5) is 4.39 Å². The summed E-state index contributed by atoms with van der Waals surface area (Å²) in [4.78, 5) is 14.6. The third-order valence-corrected chi connectivity index (χ3v) is 4.98. The fourth-order valence-electron chi connectivity index (χ4n) is 3.84. The number of aromatic nitrogens is 1. The van der Waals surface area contributed by atoms with Crippen molar-refractivity contribution in [1.29, 1.82) is 0 Å². The van der Waals surface area contributed by atoms with E-state index in [4.69, 9.17) is 4.52 Å². The van der Waals surface area contributed by atoms with Crippen LogP contribution in [0.3, 0.4) is 0 Å². The van der Waals surface area contributed by atoms with E-state index in [-0.39, 0.29) is 11.7 Å². The molecular formula is C18H19FN2O2. The average molecular weight is 314 g/mol. The van der Waals surface area contributed by atoms with Crippen molar-refractivity contribution in [2.75, 3.05) is 6.54 Å². The number of likely N-dealkylation sites (tertiary alicyclic amines) is 1. The van der Waals surface area contributed by atoms with Crippen molar-refractivity contribution in [3.8, 4) is 0 Å². The summed E-state index contributed by atoms with van der Waals surface area (Å²) in [5, 5.41) is 4.00. The van der Waals surface area contributed by atoms with Crippen LogP contribution in [-0.2, 0) is 6.42 Å². The largest absolute Gasteiger partial charge is 0.351 e. The molecule has 2 unspecified atom stereocenters. The summed E-state index contributed by atoms with van der Waals surface area (Å²) in [6.07, 6.45) is 5.20. The Hall–Kier alpha value is -2.17. The maximum absolute atomic E-state index is 12.9. The molecule has 5 heteroatoms. The lowest BCUT2D eigenvalue weighted by molar-refractivity contribution is 0.0691. The summed E-state index contributed by atoms with van der Waals surface area (Å²) in [7, 11) is 0. The van der Waals surface area contributed by atoms with Gasteiger partial charge in [0.1, 0.15) is 5.82 Å². The Morgan fingerprint density at radius 3 is 2.91 bits per heavy atom. The molecule has 1 saturated carbocycles. The monoisotopic (exact) mass is 314 g/mol. The number of rotatable bonds is 3. The van der Waals surface area contributed by atoms with Crippen molar-refractivity contribution in [2.24, 2.45) is 5.92 Å². The summed E-state index contributed by atoms with van der Waals surface area (Å²) < 4.78 is 18.2. The van der Waals surface area contributed by atoms with Gasteiger partial charge in [0.15, 0.2) is 0 Å². The van der Waals surface area contributed by atoms with E-state index in [1.165, 1.54) is 25.0 Å². The number of nitrogens with zero attached hydrogens (tertiary/aromatic N) is 2. The molecule has 2 fully saturated rings. The summed E-state index contributed by atoms with van der Waals surface area (Å²) >= 11 is 0. The molecule has 23 heavy (non-hydrogen) atoms. The minimum atomic E-state index is -0.259. The lowest BCUT2D eigenvalue weighted by atomic mass is 9.90. The van der Waals surface area contributed by atoms with Crippen molar-refractivity contribution in [2.45, 2.75) is 38.1 Å². The summed E-state index contributed by atoms with van der Waals surface area (Å²) in [6, 6.07) is 8.36. The molecule has 1 aliphatic carbocycles. The second-order valence-corrected chi connectivity index (χ2v) is 6.63. The number of amides is 1. The minimum absolute atomic E-state index is 0.0442. The SMILES string of the molecule is O=C(c1cc(Cc2ccc(F)cc2)no1)N1CC2CCCC1C2. The Kier molecular flexibility index (Phi) is 3.63. The van der Waals surface area contributed by atoms with Gasteiger partial charge < -0.3 is 9.42 Å². The van der Waals surface area contributed by atoms with Gasteiger partial charge in [0.25, 0.3) is 5.91 Å². The molecule has 2 aliphatic rings. The van der Waals surface area contributed by atoms with Crippen molar-refractivity contribution in [3.63, 3.8) is 0 Å². The van der Waals surface area contributed by atoms with Crippen LogP contribution in [-0.4, -0.2) is 28.6 Å². The Bertz CT molecular complexity index is 710. The highest BCUT2D eigenvalue weighted by Crippen LogP contribution is 2.36. The van der Waals surface area contributed by atoms with Gasteiger partial charge in [0, 0.05) is 25.1 Å². The summed E-state index contributed by atoms with van der Waals surface area (Å²) in [6.45, 7) is 0.845. The highest BCUT2D eigenvalue weighted by molar-refractivity contribution is 5.92. The number of halogens is 1. The van der Waals surface area contributed by atoms with Gasteiger partial charge in [0.05, 0.1) is 5.69 Å². The van der Waals surface area contributed by atoms with E-state index < -0.39 is 0 Å². The van der Waals surface area contributed by atoms with E-state index in [0.717, 1.165) is 24.9 Å². The molecule has 4 rings (SSSR count). The first kappa shape index (κ1) is 14.4. The van der Waals surface area contributed by atoms with Gasteiger partial charge in [-0.15, -0.1) is 0 Å². The van der Waals surface area contributed by atoms with Crippen LogP contribution in [0.25, 0.3) is 0 Å². The Labute approximate surface area is 134 Å². The van der Waals surface area contributed by atoms with E-state index >= 15 is 0 Å². The Balaban J connectivity index is 1.47. The second-order valence-electron chi connectivity index (χ2n) is 6.63. The van der Waals surface area contributed by atoms with Crippen LogP contribution in [0.1, 0.15) is 47.5 Å². The van der Waals surface area contributed by atoms with E-state index in [0.29, 0.717) is 29.8 Å². The number of fused-ring (bicyclic) bond motifs is 2. The quantitative estimate of drug-likeness (QED) is 0.872. The molecular weight excluding hydrogens is 295 g/mol. The number of benzene rings is 1.